The second-order valence-corrected chi connectivity index (χ2v) is 10.2. The molecule has 0 spiro atoms. The molecule has 0 saturated carbocycles. The molecule has 0 aliphatic carbocycles. The molecule has 0 fully saturated rings. The van der Waals surface area contributed by atoms with Gasteiger partial charge in [-0.3, -0.25) is 4.79 Å². The highest BCUT2D eigenvalue weighted by molar-refractivity contribution is 7.81. The monoisotopic (exact) mass is 526 g/mol. The van der Waals surface area contributed by atoms with Gasteiger partial charge in [-0.25, -0.2) is 4.79 Å². The first-order valence-electron chi connectivity index (χ1n) is 9.27. The van der Waals surface area contributed by atoms with Crippen molar-refractivity contribution < 1.29 is 27.5 Å². The van der Waals surface area contributed by atoms with Crippen LogP contribution in [0, 0.1) is 6.92 Å². The third-order valence-electron chi connectivity index (χ3n) is 4.51. The maximum absolute atomic E-state index is 14.0. The van der Waals surface area contributed by atoms with Crippen molar-refractivity contribution in [1.82, 2.24) is 0 Å². The van der Waals surface area contributed by atoms with Crippen molar-refractivity contribution in [3.8, 4) is 0 Å². The van der Waals surface area contributed by atoms with Gasteiger partial charge in [0.1, 0.15) is 10.3 Å². The van der Waals surface area contributed by atoms with Gasteiger partial charge in [0.05, 0.1) is 20.6 Å². The summed E-state index contributed by atoms with van der Waals surface area (Å²) in [5, 5.41) is -0.488. The normalized spacial score (nSPS) is 14.1. The summed E-state index contributed by atoms with van der Waals surface area (Å²) in [5.74, 6) is -1.43. The first-order valence-corrected chi connectivity index (χ1v) is 10.9. The van der Waals surface area contributed by atoms with Crippen molar-refractivity contribution in [2.24, 2.45) is 0 Å². The van der Waals surface area contributed by atoms with Gasteiger partial charge in [0.15, 0.2) is 5.78 Å². The summed E-state index contributed by atoms with van der Waals surface area (Å²) in [6.07, 6.45) is -5.95. The van der Waals surface area contributed by atoms with E-state index in [9.17, 15) is 22.8 Å². The number of ether oxygens (including phenoxy) is 1. The van der Waals surface area contributed by atoms with Crippen LogP contribution >= 0.6 is 47.4 Å². The summed E-state index contributed by atoms with van der Waals surface area (Å²) in [6.45, 7) is 6.68. The van der Waals surface area contributed by atoms with Crippen LogP contribution in [0.2, 0.25) is 15.1 Å². The smallest absolute Gasteiger partial charge is 0.407 e. The van der Waals surface area contributed by atoms with Gasteiger partial charge < -0.3 is 4.74 Å². The molecule has 174 valence electrons. The number of esters is 1. The molecule has 2 rings (SSSR count). The lowest BCUT2D eigenvalue weighted by atomic mass is 9.89. The molecule has 0 heterocycles. The van der Waals surface area contributed by atoms with Gasteiger partial charge >= 0.3 is 12.1 Å². The predicted molar refractivity (Wildman–Crippen MR) is 123 cm³/mol. The van der Waals surface area contributed by atoms with Gasteiger partial charge in [-0.2, -0.15) is 25.8 Å². The number of ketones is 1. The average molecular weight is 528 g/mol. The Hall–Kier alpha value is -1.41. The van der Waals surface area contributed by atoms with E-state index < -0.39 is 40.3 Å². The van der Waals surface area contributed by atoms with Crippen molar-refractivity contribution in [2.45, 2.75) is 50.6 Å². The molecule has 0 bridgehead atoms. The fraction of sp³-hybridized carbons (Fsp3) is 0.364. The Morgan fingerprint density at radius 3 is 1.97 bits per heavy atom. The Morgan fingerprint density at radius 1 is 1.00 bits per heavy atom. The number of thiol groups is 1. The fourth-order valence-electron chi connectivity index (χ4n) is 2.89. The molecule has 0 N–H and O–H groups in total. The minimum absolute atomic E-state index is 0.0105. The molecule has 2 aromatic carbocycles. The van der Waals surface area contributed by atoms with Gasteiger partial charge in [-0.15, -0.1) is 0 Å². The van der Waals surface area contributed by atoms with E-state index in [4.69, 9.17) is 39.5 Å². The molecular formula is C22H20Cl3F3O3S. The number of hydrogen-bond donors (Lipinski definition) is 1. The number of carbonyl (C=O) groups is 2. The zero-order chi connectivity index (χ0) is 24.6. The minimum atomic E-state index is -4.92. The van der Waals surface area contributed by atoms with E-state index in [0.717, 1.165) is 12.1 Å². The molecule has 3 nitrogen and oxygen atoms in total. The Kier molecular flexibility index (Phi) is 7.93. The zero-order valence-corrected chi connectivity index (χ0v) is 20.7. The number of benzene rings is 2. The Bertz CT molecular complexity index is 1040. The number of hydrogen-bond acceptors (Lipinski definition) is 4. The summed E-state index contributed by atoms with van der Waals surface area (Å²) in [6, 6.07) is 5.94. The number of alkyl halides is 3. The highest BCUT2D eigenvalue weighted by Crippen LogP contribution is 2.49. The van der Waals surface area contributed by atoms with E-state index in [2.05, 4.69) is 12.6 Å². The highest BCUT2D eigenvalue weighted by Gasteiger charge is 2.55. The van der Waals surface area contributed by atoms with Crippen molar-refractivity contribution in [2.75, 3.05) is 0 Å². The van der Waals surface area contributed by atoms with Crippen LogP contribution in [0.15, 0.2) is 30.3 Å². The minimum Gasteiger partial charge on any atom is -0.456 e. The first-order chi connectivity index (χ1) is 14.5. The topological polar surface area (TPSA) is 43.4 Å². The van der Waals surface area contributed by atoms with Crippen molar-refractivity contribution in [3.63, 3.8) is 0 Å². The number of rotatable bonds is 5. The summed E-state index contributed by atoms with van der Waals surface area (Å²) in [7, 11) is 0. The van der Waals surface area contributed by atoms with Gasteiger partial charge in [-0.1, -0.05) is 40.9 Å². The molecule has 0 aliphatic heterocycles. The third-order valence-corrected chi connectivity index (χ3v) is 6.38. The average Bonchev–Trinajstić information content (AvgIpc) is 2.62. The summed E-state index contributed by atoms with van der Waals surface area (Å²) >= 11 is 21.5. The summed E-state index contributed by atoms with van der Waals surface area (Å²) < 4.78 is 44.5. The van der Waals surface area contributed by atoms with E-state index in [-0.39, 0.29) is 26.2 Å². The van der Waals surface area contributed by atoms with Crippen LogP contribution in [0.5, 0.6) is 0 Å². The summed E-state index contributed by atoms with van der Waals surface area (Å²) in [4.78, 5) is 25.1. The first kappa shape index (κ1) is 26.8. The molecule has 32 heavy (non-hydrogen) atoms. The molecular weight excluding hydrogens is 508 g/mol. The maximum atomic E-state index is 14.0. The number of halogens is 6. The van der Waals surface area contributed by atoms with E-state index in [1.807, 2.05) is 0 Å². The molecule has 1 unspecified atom stereocenters. The van der Waals surface area contributed by atoms with Crippen molar-refractivity contribution >= 4 is 59.2 Å². The number of carbonyl (C=O) groups excluding carboxylic acids is 2. The quantitative estimate of drug-likeness (QED) is 0.186. The summed E-state index contributed by atoms with van der Waals surface area (Å²) in [5.41, 5.74) is -0.552. The number of Topliss-reactive ketones (excluding diaryl/α,β-unsaturated/α-hetero) is 1. The van der Waals surface area contributed by atoms with Crippen LogP contribution in [0.25, 0.3) is 0 Å². The van der Waals surface area contributed by atoms with Crippen molar-refractivity contribution in [3.05, 3.63) is 67.7 Å². The molecule has 0 saturated heterocycles. The van der Waals surface area contributed by atoms with E-state index in [0.29, 0.717) is 5.56 Å². The Balaban J connectivity index is 2.41. The van der Waals surface area contributed by atoms with Crippen LogP contribution in [0.1, 0.15) is 59.0 Å². The lowest BCUT2D eigenvalue weighted by Crippen LogP contribution is -2.39. The molecule has 1 atom stereocenters. The van der Waals surface area contributed by atoms with E-state index >= 15 is 0 Å². The molecule has 0 aromatic heterocycles. The second-order valence-electron chi connectivity index (χ2n) is 8.24. The SMILES string of the molecule is Cc1cc(C(=O)CC(S)(c2cc(Cl)c(Cl)c(Cl)c2)C(F)(F)F)ccc1C(=O)OC(C)(C)C. The second kappa shape index (κ2) is 9.45. The largest absolute Gasteiger partial charge is 0.456 e. The van der Waals surface area contributed by atoms with Crippen LogP contribution in [-0.4, -0.2) is 23.5 Å². The molecule has 0 radical (unpaired) electrons. The predicted octanol–water partition coefficient (Wildman–Crippen LogP) is 7.87. The van der Waals surface area contributed by atoms with Gasteiger partial charge in [0.2, 0.25) is 0 Å². The number of aryl methyl sites for hydroxylation is 1. The van der Waals surface area contributed by atoms with Gasteiger partial charge in [0, 0.05) is 12.0 Å². The Morgan fingerprint density at radius 2 is 1.53 bits per heavy atom. The highest BCUT2D eigenvalue weighted by atomic mass is 35.5. The Labute approximate surface area is 204 Å². The zero-order valence-electron chi connectivity index (χ0n) is 17.5. The van der Waals surface area contributed by atoms with Crippen LogP contribution in [-0.2, 0) is 9.48 Å². The van der Waals surface area contributed by atoms with E-state index in [1.165, 1.54) is 18.2 Å². The van der Waals surface area contributed by atoms with Crippen LogP contribution < -0.4 is 0 Å². The standard InChI is InChI=1S/C22H20Cl3F3O3S/c1-11-7-12(5-6-14(11)19(30)31-20(2,3)4)17(29)10-21(32,22(26,27)28)13-8-15(23)18(25)16(24)9-13/h5-9,32H,10H2,1-4H3. The fourth-order valence-corrected chi connectivity index (χ4v) is 3.76. The van der Waals surface area contributed by atoms with Crippen molar-refractivity contribution in [1.29, 1.82) is 0 Å². The molecule has 2 aromatic rings. The molecule has 10 heteroatoms. The lowest BCUT2D eigenvalue weighted by Gasteiger charge is -2.31. The van der Waals surface area contributed by atoms with Gasteiger partial charge in [-0.05, 0) is 63.1 Å². The maximum Gasteiger partial charge on any atom is 0.407 e. The van der Waals surface area contributed by atoms with Crippen LogP contribution in [0.3, 0.4) is 0 Å². The molecule has 0 amide bonds. The van der Waals surface area contributed by atoms with Gasteiger partial charge in [0.25, 0.3) is 0 Å². The van der Waals surface area contributed by atoms with Crippen LogP contribution in [0.4, 0.5) is 13.2 Å². The van der Waals surface area contributed by atoms with E-state index in [1.54, 1.807) is 27.7 Å². The molecule has 0 aliphatic rings. The lowest BCUT2D eigenvalue weighted by molar-refractivity contribution is -0.160. The third kappa shape index (κ3) is 5.93.